The van der Waals surface area contributed by atoms with Crippen LogP contribution < -0.4 is 0 Å². The summed E-state index contributed by atoms with van der Waals surface area (Å²) in [4.78, 5) is 35.4. The van der Waals surface area contributed by atoms with Crippen LogP contribution in [-0.4, -0.2) is 74.9 Å². The van der Waals surface area contributed by atoms with Gasteiger partial charge in [-0.05, 0) is 77.0 Å². The van der Waals surface area contributed by atoms with Crippen molar-refractivity contribution in [2.24, 2.45) is 0 Å². The maximum Gasteiger partial charge on any atom is 0.472 e. The van der Waals surface area contributed by atoms with Crippen molar-refractivity contribution in [1.29, 1.82) is 0 Å². The molecule has 2 atom stereocenters. The number of carbonyl (C=O) groups excluding carboxylic acids is 2. The number of esters is 2. The maximum atomic E-state index is 12.7. The highest BCUT2D eigenvalue weighted by Crippen LogP contribution is 2.43. The van der Waals surface area contributed by atoms with E-state index in [2.05, 4.69) is 62.5 Å². The van der Waals surface area contributed by atoms with Gasteiger partial charge in [-0.25, -0.2) is 4.57 Å². The fourth-order valence-corrected chi connectivity index (χ4v) is 6.52. The van der Waals surface area contributed by atoms with E-state index in [0.29, 0.717) is 17.4 Å². The first kappa shape index (κ1) is 54.0. The Balaban J connectivity index is 4.39. The van der Waals surface area contributed by atoms with Gasteiger partial charge < -0.3 is 18.9 Å². The van der Waals surface area contributed by atoms with Crippen LogP contribution >= 0.6 is 7.82 Å². The maximum absolute atomic E-state index is 12.7. The monoisotopic (exact) mass is 811 g/mol. The molecule has 9 nitrogen and oxygen atoms in total. The third-order valence-electron chi connectivity index (χ3n) is 9.33. The van der Waals surface area contributed by atoms with Crippen LogP contribution in [0, 0.1) is 0 Å². The van der Waals surface area contributed by atoms with Crippen LogP contribution in [-0.2, 0) is 32.7 Å². The van der Waals surface area contributed by atoms with Crippen molar-refractivity contribution >= 4 is 19.8 Å². The first-order chi connectivity index (χ1) is 27.0. The summed E-state index contributed by atoms with van der Waals surface area (Å²) in [6.45, 7) is 4.34. The van der Waals surface area contributed by atoms with Crippen molar-refractivity contribution in [3.8, 4) is 0 Å². The Kier molecular flexibility index (Phi) is 37.1. The second kappa shape index (κ2) is 38.5. The molecule has 0 spiro atoms. The quantitative estimate of drug-likeness (QED) is 0.0214. The van der Waals surface area contributed by atoms with Crippen LogP contribution in [0.25, 0.3) is 0 Å². The van der Waals surface area contributed by atoms with E-state index in [0.717, 1.165) is 77.0 Å². The van der Waals surface area contributed by atoms with Gasteiger partial charge in [-0.3, -0.25) is 18.6 Å². The average molecular weight is 811 g/mol. The average Bonchev–Trinajstić information content (AvgIpc) is 3.15. The number of rotatable bonds is 40. The molecule has 56 heavy (non-hydrogen) atoms. The molecule has 1 N–H and O–H groups in total. The number of ether oxygens (including phenoxy) is 2. The summed E-state index contributed by atoms with van der Waals surface area (Å²) in [6, 6.07) is 0. The summed E-state index contributed by atoms with van der Waals surface area (Å²) in [5, 5.41) is 0. The van der Waals surface area contributed by atoms with Gasteiger partial charge >= 0.3 is 19.8 Å². The molecule has 0 aliphatic heterocycles. The molecule has 0 heterocycles. The lowest BCUT2D eigenvalue weighted by molar-refractivity contribution is -0.870. The van der Waals surface area contributed by atoms with E-state index >= 15 is 0 Å². The predicted octanol–water partition coefficient (Wildman–Crippen LogP) is 12.7. The van der Waals surface area contributed by atoms with E-state index in [1.807, 2.05) is 21.1 Å². The molecule has 0 saturated heterocycles. The molecule has 0 radical (unpaired) electrons. The number of quaternary nitrogens is 1. The third-order valence-corrected chi connectivity index (χ3v) is 10.3. The number of allylic oxidation sites excluding steroid dienone is 8. The van der Waals surface area contributed by atoms with Crippen molar-refractivity contribution in [2.45, 2.75) is 187 Å². The van der Waals surface area contributed by atoms with E-state index < -0.39 is 26.5 Å². The molecule has 1 unspecified atom stereocenters. The lowest BCUT2D eigenvalue weighted by atomic mass is 10.1. The number of phosphoric acid groups is 1. The van der Waals surface area contributed by atoms with Crippen molar-refractivity contribution in [3.05, 3.63) is 48.6 Å². The van der Waals surface area contributed by atoms with Gasteiger partial charge in [-0.1, -0.05) is 140 Å². The Morgan fingerprint density at radius 1 is 0.554 bits per heavy atom. The number of phosphoric ester groups is 1. The summed E-state index contributed by atoms with van der Waals surface area (Å²) in [6.07, 6.45) is 44.3. The molecule has 0 aromatic heterocycles. The molecule has 0 rings (SSSR count). The van der Waals surface area contributed by atoms with Crippen molar-refractivity contribution in [3.63, 3.8) is 0 Å². The number of unbranched alkanes of at least 4 members (excludes halogenated alkanes) is 18. The molecule has 0 aromatic carbocycles. The SMILES string of the molecule is CCCCC/C=C\C/C=C\CCCCCCCCCC(=O)OC[C@H](COP(=O)(O)OCC[N+](C)(C)C)OC(=O)CCCCCCC/C=C\C/C=C\CCCCC. The van der Waals surface area contributed by atoms with Gasteiger partial charge in [0.1, 0.15) is 19.8 Å². The second-order valence-electron chi connectivity index (χ2n) is 16.1. The molecule has 0 saturated carbocycles. The Morgan fingerprint density at radius 2 is 0.964 bits per heavy atom. The summed E-state index contributed by atoms with van der Waals surface area (Å²) >= 11 is 0. The summed E-state index contributed by atoms with van der Waals surface area (Å²) in [5.41, 5.74) is 0. The van der Waals surface area contributed by atoms with Crippen molar-refractivity contribution in [2.75, 3.05) is 47.5 Å². The van der Waals surface area contributed by atoms with Gasteiger partial charge in [-0.2, -0.15) is 0 Å². The molecule has 0 aliphatic carbocycles. The summed E-state index contributed by atoms with van der Waals surface area (Å²) in [7, 11) is 1.46. The van der Waals surface area contributed by atoms with E-state index in [1.165, 1.54) is 70.6 Å². The van der Waals surface area contributed by atoms with Crippen LogP contribution in [0.15, 0.2) is 48.6 Å². The van der Waals surface area contributed by atoms with E-state index in [-0.39, 0.29) is 32.0 Å². The Hall–Kier alpha value is -2.03. The van der Waals surface area contributed by atoms with Gasteiger partial charge in [0, 0.05) is 12.8 Å². The fraction of sp³-hybridized carbons (Fsp3) is 0.783. The van der Waals surface area contributed by atoms with Gasteiger partial charge in [-0.15, -0.1) is 0 Å². The van der Waals surface area contributed by atoms with Crippen LogP contribution in [0.4, 0.5) is 0 Å². The zero-order valence-corrected chi connectivity index (χ0v) is 37.5. The first-order valence-electron chi connectivity index (χ1n) is 22.4. The molecule has 0 aromatic rings. The van der Waals surface area contributed by atoms with Crippen molar-refractivity contribution < 1.29 is 42.1 Å². The van der Waals surface area contributed by atoms with E-state index in [1.54, 1.807) is 0 Å². The van der Waals surface area contributed by atoms with Crippen LogP contribution in [0.2, 0.25) is 0 Å². The van der Waals surface area contributed by atoms with Crippen LogP contribution in [0.3, 0.4) is 0 Å². The minimum atomic E-state index is -4.38. The summed E-state index contributed by atoms with van der Waals surface area (Å²) < 4.78 is 34.3. The zero-order chi connectivity index (χ0) is 41.4. The van der Waals surface area contributed by atoms with Gasteiger partial charge in [0.25, 0.3) is 0 Å². The molecule has 0 aliphatic rings. The highest BCUT2D eigenvalue weighted by molar-refractivity contribution is 7.47. The van der Waals surface area contributed by atoms with E-state index in [4.69, 9.17) is 18.5 Å². The smallest absolute Gasteiger partial charge is 0.462 e. The van der Waals surface area contributed by atoms with Gasteiger partial charge in [0.2, 0.25) is 0 Å². The van der Waals surface area contributed by atoms with Gasteiger partial charge in [0.15, 0.2) is 6.10 Å². The van der Waals surface area contributed by atoms with Crippen LogP contribution in [0.5, 0.6) is 0 Å². The standard InChI is InChI=1S/C46H84NO8P/c1-6-8-10-12-14-16-18-20-22-23-25-26-28-30-32-34-36-38-45(48)52-42-44(43-54-56(50,51)53-41-40-47(3,4)5)55-46(49)39-37-35-33-31-29-27-24-21-19-17-15-13-11-9-7-2/h14-17,20-22,24,44H,6-13,18-19,23,25-43H2,1-5H3/p+1/b16-14-,17-15-,22-20-,24-21-/t44-/m1/s1. The highest BCUT2D eigenvalue weighted by Gasteiger charge is 2.27. The minimum absolute atomic E-state index is 0.0260. The molecule has 326 valence electrons. The first-order valence-corrected chi connectivity index (χ1v) is 23.9. The highest BCUT2D eigenvalue weighted by atomic mass is 31.2. The zero-order valence-electron chi connectivity index (χ0n) is 36.6. The van der Waals surface area contributed by atoms with Crippen molar-refractivity contribution in [1.82, 2.24) is 0 Å². The topological polar surface area (TPSA) is 108 Å². The Morgan fingerprint density at radius 3 is 1.41 bits per heavy atom. The number of nitrogens with zero attached hydrogens (tertiary/aromatic N) is 1. The molecule has 0 bridgehead atoms. The largest absolute Gasteiger partial charge is 0.472 e. The van der Waals surface area contributed by atoms with E-state index in [9.17, 15) is 19.0 Å². The number of hydrogen-bond donors (Lipinski definition) is 1. The number of carbonyl (C=O) groups is 2. The molecule has 0 fully saturated rings. The fourth-order valence-electron chi connectivity index (χ4n) is 5.78. The Labute approximate surface area is 343 Å². The minimum Gasteiger partial charge on any atom is -0.462 e. The molecule has 10 heteroatoms. The number of likely N-dealkylation sites (N-methyl/N-ethyl adjacent to an activating group) is 1. The predicted molar refractivity (Wildman–Crippen MR) is 233 cm³/mol. The Bertz CT molecular complexity index is 1100. The summed E-state index contributed by atoms with van der Waals surface area (Å²) in [5.74, 6) is -0.825. The lowest BCUT2D eigenvalue weighted by Crippen LogP contribution is -2.37. The normalized spacial score (nSPS) is 14.0. The lowest BCUT2D eigenvalue weighted by Gasteiger charge is -2.24. The van der Waals surface area contributed by atoms with Gasteiger partial charge in [0.05, 0.1) is 27.7 Å². The molecular weight excluding hydrogens is 725 g/mol. The number of hydrogen-bond acceptors (Lipinski definition) is 7. The third kappa shape index (κ3) is 41.6. The molecular formula is C46H85NO8P+. The molecule has 0 amide bonds. The van der Waals surface area contributed by atoms with Crippen LogP contribution in [0.1, 0.15) is 181 Å². The second-order valence-corrected chi connectivity index (χ2v) is 17.5.